The van der Waals surface area contributed by atoms with E-state index in [1.165, 1.54) is 4.90 Å². The molecule has 1 N–H and O–H groups in total. The molecule has 2 aliphatic rings. The topological polar surface area (TPSA) is 80.1 Å². The van der Waals surface area contributed by atoms with E-state index in [1.54, 1.807) is 0 Å². The molecule has 0 saturated carbocycles. The Hall–Kier alpha value is -3.52. The number of amides is 1. The Morgan fingerprint density at radius 1 is 1.12 bits per heavy atom. The lowest BCUT2D eigenvalue weighted by Crippen LogP contribution is -2.41. The van der Waals surface area contributed by atoms with Crippen LogP contribution in [0.2, 0.25) is 0 Å². The highest BCUT2D eigenvalue weighted by molar-refractivity contribution is 5.90. The monoisotopic (exact) mass is 434 g/mol. The minimum atomic E-state index is -0.953. The molecule has 1 fully saturated rings. The fourth-order valence-electron chi connectivity index (χ4n) is 4.41. The third kappa shape index (κ3) is 3.78. The van der Waals surface area contributed by atoms with E-state index in [0.717, 1.165) is 42.9 Å². The lowest BCUT2D eigenvalue weighted by molar-refractivity contribution is 0.122. The van der Waals surface area contributed by atoms with E-state index in [0.29, 0.717) is 30.4 Å². The summed E-state index contributed by atoms with van der Waals surface area (Å²) in [5.74, 6) is 1.34. The zero-order chi connectivity index (χ0) is 22.1. The van der Waals surface area contributed by atoms with Crippen LogP contribution in [0.25, 0.3) is 5.69 Å². The van der Waals surface area contributed by atoms with Gasteiger partial charge in [0.05, 0.1) is 37.0 Å². The fourth-order valence-corrected chi connectivity index (χ4v) is 4.41. The first kappa shape index (κ1) is 20.4. The Morgan fingerprint density at radius 3 is 2.62 bits per heavy atom. The molecule has 5 rings (SSSR count). The normalized spacial score (nSPS) is 18.3. The number of para-hydroxylation sites is 1. The van der Waals surface area contributed by atoms with Crippen LogP contribution in [0.5, 0.6) is 11.5 Å². The van der Waals surface area contributed by atoms with Crippen LogP contribution in [0.15, 0.2) is 54.9 Å². The second kappa shape index (κ2) is 8.55. The first-order chi connectivity index (χ1) is 15.6. The number of benzene rings is 2. The van der Waals surface area contributed by atoms with E-state index in [2.05, 4.69) is 10.00 Å². The first-order valence-electron chi connectivity index (χ1n) is 10.9. The highest BCUT2D eigenvalue weighted by Crippen LogP contribution is 2.42. The third-order valence-electron chi connectivity index (χ3n) is 6.09. The van der Waals surface area contributed by atoms with Gasteiger partial charge in [-0.3, -0.25) is 4.90 Å². The number of ether oxygens (including phenoxy) is 2. The average Bonchev–Trinajstić information content (AvgIpc) is 3.30. The van der Waals surface area contributed by atoms with Crippen LogP contribution < -0.4 is 14.5 Å². The number of anilines is 2. The van der Waals surface area contributed by atoms with Crippen molar-refractivity contribution in [2.24, 2.45) is 0 Å². The molecule has 1 amide bonds. The van der Waals surface area contributed by atoms with Crippen molar-refractivity contribution >= 4 is 17.5 Å². The van der Waals surface area contributed by atoms with Crippen LogP contribution in [-0.2, 0) is 11.2 Å². The average molecular weight is 434 g/mol. The zero-order valence-electron chi connectivity index (χ0n) is 18.0. The summed E-state index contributed by atoms with van der Waals surface area (Å²) in [6, 6.07) is 13.2. The molecule has 1 atom stereocenters. The summed E-state index contributed by atoms with van der Waals surface area (Å²) < 4.78 is 13.6. The Bertz CT molecular complexity index is 1110. The molecule has 2 aliphatic heterocycles. The van der Waals surface area contributed by atoms with E-state index >= 15 is 0 Å². The van der Waals surface area contributed by atoms with Crippen LogP contribution in [0.4, 0.5) is 16.2 Å². The van der Waals surface area contributed by atoms with Crippen LogP contribution >= 0.6 is 0 Å². The molecule has 0 radical (unpaired) electrons. The molecule has 0 spiro atoms. The number of morpholine rings is 1. The van der Waals surface area contributed by atoms with Gasteiger partial charge in [-0.15, -0.1) is 0 Å². The summed E-state index contributed by atoms with van der Waals surface area (Å²) >= 11 is 0. The fraction of sp³-hybridized carbons (Fsp3) is 0.333. The molecule has 0 bridgehead atoms. The quantitative estimate of drug-likeness (QED) is 0.659. The van der Waals surface area contributed by atoms with Crippen LogP contribution in [-0.4, -0.2) is 53.3 Å². The lowest BCUT2D eigenvalue weighted by atomic mass is 9.95. The van der Waals surface area contributed by atoms with Crippen molar-refractivity contribution in [2.45, 2.75) is 25.8 Å². The maximum absolute atomic E-state index is 12.0. The van der Waals surface area contributed by atoms with Gasteiger partial charge in [0.1, 0.15) is 11.4 Å². The molecule has 1 aromatic heterocycles. The second-order valence-electron chi connectivity index (χ2n) is 8.11. The van der Waals surface area contributed by atoms with Crippen LogP contribution in [0.3, 0.4) is 0 Å². The van der Waals surface area contributed by atoms with Crippen molar-refractivity contribution in [2.75, 3.05) is 36.1 Å². The molecule has 2 aromatic carbocycles. The highest BCUT2D eigenvalue weighted by Gasteiger charge is 2.32. The van der Waals surface area contributed by atoms with Gasteiger partial charge in [-0.05, 0) is 44.0 Å². The van der Waals surface area contributed by atoms with Crippen LogP contribution in [0.1, 0.15) is 18.9 Å². The number of carbonyl (C=O) groups is 1. The maximum Gasteiger partial charge on any atom is 0.412 e. The third-order valence-corrected chi connectivity index (χ3v) is 6.09. The van der Waals surface area contributed by atoms with Crippen molar-refractivity contribution in [3.05, 3.63) is 60.4 Å². The molecule has 3 aromatic rings. The Kier molecular flexibility index (Phi) is 5.45. The molecule has 32 heavy (non-hydrogen) atoms. The van der Waals surface area contributed by atoms with Gasteiger partial charge in [-0.25, -0.2) is 9.48 Å². The standard InChI is InChI=1S/C24H26N4O4/c1-17-7-8-20-21(28(17)24(29)30)9-10-22(23(20)32-19-5-3-2-4-6-19)27-16-18(15-25-27)26-11-13-31-14-12-26/h2-6,9-10,15-17H,7-8,11-14H2,1H3,(H,29,30). The van der Waals surface area contributed by atoms with Crippen molar-refractivity contribution in [1.82, 2.24) is 9.78 Å². The van der Waals surface area contributed by atoms with Gasteiger partial charge < -0.3 is 19.5 Å². The van der Waals surface area contributed by atoms with Gasteiger partial charge in [0.2, 0.25) is 0 Å². The van der Waals surface area contributed by atoms with Crippen molar-refractivity contribution in [1.29, 1.82) is 0 Å². The Morgan fingerprint density at radius 2 is 1.88 bits per heavy atom. The minimum absolute atomic E-state index is 0.0898. The number of fused-ring (bicyclic) bond motifs is 1. The van der Waals surface area contributed by atoms with Gasteiger partial charge in [-0.1, -0.05) is 18.2 Å². The largest absolute Gasteiger partial charge is 0.465 e. The number of hydrogen-bond donors (Lipinski definition) is 1. The van der Waals surface area contributed by atoms with E-state index in [9.17, 15) is 9.90 Å². The summed E-state index contributed by atoms with van der Waals surface area (Å²) in [6.07, 6.45) is 4.35. The van der Waals surface area contributed by atoms with Crippen molar-refractivity contribution < 1.29 is 19.4 Å². The number of nitrogens with zero attached hydrogens (tertiary/aromatic N) is 4. The van der Waals surface area contributed by atoms with Gasteiger partial charge in [-0.2, -0.15) is 5.10 Å². The molecular weight excluding hydrogens is 408 g/mol. The van der Waals surface area contributed by atoms with E-state index in [-0.39, 0.29) is 6.04 Å². The molecular formula is C24H26N4O4. The van der Waals surface area contributed by atoms with Gasteiger partial charge in [0, 0.05) is 24.7 Å². The molecule has 0 aliphatic carbocycles. The van der Waals surface area contributed by atoms with E-state index < -0.39 is 6.09 Å². The molecule has 1 unspecified atom stereocenters. The number of rotatable bonds is 4. The zero-order valence-corrected chi connectivity index (χ0v) is 18.0. The highest BCUT2D eigenvalue weighted by atomic mass is 16.5. The number of aromatic nitrogens is 2. The summed E-state index contributed by atoms with van der Waals surface area (Å²) in [5, 5.41) is 14.4. The Labute approximate surface area is 186 Å². The SMILES string of the molecule is CC1CCc2c(ccc(-n3cc(N4CCOCC4)cn3)c2Oc2ccccc2)N1C(=O)O. The summed E-state index contributed by atoms with van der Waals surface area (Å²) in [5.41, 5.74) is 3.37. The Balaban J connectivity index is 1.59. The van der Waals surface area contributed by atoms with Gasteiger partial charge >= 0.3 is 6.09 Å². The summed E-state index contributed by atoms with van der Waals surface area (Å²) in [7, 11) is 0. The molecule has 8 nitrogen and oxygen atoms in total. The first-order valence-corrected chi connectivity index (χ1v) is 10.9. The minimum Gasteiger partial charge on any atom is -0.465 e. The summed E-state index contributed by atoms with van der Waals surface area (Å²) in [4.78, 5) is 15.7. The van der Waals surface area contributed by atoms with Gasteiger partial charge in [0.25, 0.3) is 0 Å². The van der Waals surface area contributed by atoms with E-state index in [4.69, 9.17) is 9.47 Å². The van der Waals surface area contributed by atoms with Gasteiger partial charge in [0.15, 0.2) is 5.75 Å². The van der Waals surface area contributed by atoms with E-state index in [1.807, 2.05) is 66.5 Å². The predicted octanol–water partition coefficient (Wildman–Crippen LogP) is 4.32. The van der Waals surface area contributed by atoms with Crippen molar-refractivity contribution in [3.8, 4) is 17.2 Å². The molecule has 166 valence electrons. The summed E-state index contributed by atoms with van der Waals surface area (Å²) in [6.45, 7) is 5.00. The van der Waals surface area contributed by atoms with Crippen molar-refractivity contribution in [3.63, 3.8) is 0 Å². The molecule has 3 heterocycles. The smallest absolute Gasteiger partial charge is 0.412 e. The number of carboxylic acid groups (broad SMARTS) is 1. The maximum atomic E-state index is 12.0. The second-order valence-corrected chi connectivity index (χ2v) is 8.11. The van der Waals surface area contributed by atoms with Crippen LogP contribution in [0, 0.1) is 0 Å². The molecule has 8 heteroatoms. The number of hydrogen-bond acceptors (Lipinski definition) is 5. The lowest BCUT2D eigenvalue weighted by Gasteiger charge is -2.34. The molecule has 1 saturated heterocycles. The predicted molar refractivity (Wildman–Crippen MR) is 121 cm³/mol.